The summed E-state index contributed by atoms with van der Waals surface area (Å²) in [4.78, 5) is 2.34. The largest absolute Gasteiger partial charge is 0.508 e. The van der Waals surface area contributed by atoms with Crippen LogP contribution in [0.1, 0.15) is 24.3 Å². The minimum Gasteiger partial charge on any atom is -0.508 e. The number of aromatic hydroxyl groups is 1. The summed E-state index contributed by atoms with van der Waals surface area (Å²) in [6.07, 6.45) is 2.32. The lowest BCUT2D eigenvalue weighted by Gasteiger charge is -2.29. The fourth-order valence-corrected chi connectivity index (χ4v) is 2.15. The molecule has 0 atom stereocenters. The Hall–Kier alpha value is -1.02. The van der Waals surface area contributed by atoms with Crippen LogP contribution >= 0.6 is 0 Å². The van der Waals surface area contributed by atoms with Crippen molar-refractivity contribution in [2.45, 2.75) is 18.8 Å². The van der Waals surface area contributed by atoms with Gasteiger partial charge in [0.15, 0.2) is 0 Å². The summed E-state index contributed by atoms with van der Waals surface area (Å²) in [7, 11) is 2.15. The molecule has 0 aromatic heterocycles. The fourth-order valence-electron chi connectivity index (χ4n) is 2.15. The number of phenols is 1. The Bertz CT molecular complexity index is 303. The molecule has 1 aromatic carbocycles. The van der Waals surface area contributed by atoms with Crippen LogP contribution in [0.4, 0.5) is 0 Å². The summed E-state index contributed by atoms with van der Waals surface area (Å²) in [5.41, 5.74) is 1.13. The number of rotatable bonds is 1. The van der Waals surface area contributed by atoms with E-state index in [2.05, 4.69) is 11.9 Å². The summed E-state index contributed by atoms with van der Waals surface area (Å²) in [6.45, 7) is 2.28. The van der Waals surface area contributed by atoms with Crippen LogP contribution < -0.4 is 0 Å². The molecule has 0 spiro atoms. The molecule has 1 aliphatic rings. The lowest BCUT2D eigenvalue weighted by molar-refractivity contribution is 0.253. The molecule has 2 nitrogen and oxygen atoms in total. The van der Waals surface area contributed by atoms with Gasteiger partial charge in [-0.3, -0.25) is 0 Å². The number of piperidine rings is 1. The zero-order chi connectivity index (χ0) is 9.97. The van der Waals surface area contributed by atoms with Gasteiger partial charge in [-0.05, 0) is 50.5 Å². The van der Waals surface area contributed by atoms with Gasteiger partial charge in [-0.2, -0.15) is 0 Å². The number of hydrogen-bond donors (Lipinski definition) is 1. The second-order valence-corrected chi connectivity index (χ2v) is 4.14. The first kappa shape index (κ1) is 9.53. The number of likely N-dealkylation sites (tertiary alicyclic amines) is 1. The van der Waals surface area contributed by atoms with Gasteiger partial charge in [0, 0.05) is 0 Å². The van der Waals surface area contributed by atoms with Gasteiger partial charge in [0.1, 0.15) is 5.75 Å². The average Bonchev–Trinajstić information content (AvgIpc) is 2.20. The molecular weight excluding hydrogens is 174 g/mol. The number of para-hydroxylation sites is 1. The third-order valence-electron chi connectivity index (χ3n) is 3.10. The van der Waals surface area contributed by atoms with E-state index >= 15 is 0 Å². The number of nitrogens with zero attached hydrogens (tertiary/aromatic N) is 1. The topological polar surface area (TPSA) is 23.5 Å². The molecule has 2 heteroatoms. The lowest BCUT2D eigenvalue weighted by Crippen LogP contribution is -2.29. The van der Waals surface area contributed by atoms with E-state index in [1.165, 1.54) is 0 Å². The van der Waals surface area contributed by atoms with Gasteiger partial charge in [0.2, 0.25) is 0 Å². The Kier molecular flexibility index (Phi) is 2.73. The summed E-state index contributed by atoms with van der Waals surface area (Å²) >= 11 is 0. The molecule has 0 radical (unpaired) electrons. The van der Waals surface area contributed by atoms with E-state index in [1.807, 2.05) is 18.2 Å². The van der Waals surface area contributed by atoms with Crippen molar-refractivity contribution < 1.29 is 5.11 Å². The molecule has 1 fully saturated rings. The predicted octanol–water partition coefficient (Wildman–Crippen LogP) is 2.20. The Morgan fingerprint density at radius 1 is 1.21 bits per heavy atom. The van der Waals surface area contributed by atoms with Gasteiger partial charge in [0.05, 0.1) is 0 Å². The van der Waals surface area contributed by atoms with Crippen molar-refractivity contribution in [2.24, 2.45) is 0 Å². The van der Waals surface area contributed by atoms with Gasteiger partial charge in [-0.25, -0.2) is 0 Å². The standard InChI is InChI=1S/C12H17NO/c1-13-8-6-10(7-9-13)11-4-2-3-5-12(11)14/h2-5,10,14H,6-9H2,1H3. The molecule has 0 saturated carbocycles. The van der Waals surface area contributed by atoms with Gasteiger partial charge in [-0.1, -0.05) is 18.2 Å². The summed E-state index contributed by atoms with van der Waals surface area (Å²) in [5.74, 6) is 1.01. The SMILES string of the molecule is CN1CCC(c2ccccc2O)CC1. The van der Waals surface area contributed by atoms with Crippen molar-refractivity contribution >= 4 is 0 Å². The van der Waals surface area contributed by atoms with Crippen molar-refractivity contribution in [2.75, 3.05) is 20.1 Å². The molecule has 2 rings (SSSR count). The minimum absolute atomic E-state index is 0.460. The van der Waals surface area contributed by atoms with E-state index in [1.54, 1.807) is 6.07 Å². The molecule has 1 N–H and O–H groups in total. The average molecular weight is 191 g/mol. The molecule has 0 amide bonds. The highest BCUT2D eigenvalue weighted by molar-refractivity contribution is 5.35. The first-order valence-electron chi connectivity index (χ1n) is 5.24. The summed E-state index contributed by atoms with van der Waals surface area (Å²) < 4.78 is 0. The molecular formula is C12H17NO. The molecule has 1 heterocycles. The first-order valence-corrected chi connectivity index (χ1v) is 5.24. The first-order chi connectivity index (χ1) is 6.77. The Labute approximate surface area is 85.2 Å². The Morgan fingerprint density at radius 3 is 2.50 bits per heavy atom. The van der Waals surface area contributed by atoms with E-state index < -0.39 is 0 Å². The van der Waals surface area contributed by atoms with Crippen LogP contribution in [0.2, 0.25) is 0 Å². The number of hydrogen-bond acceptors (Lipinski definition) is 2. The van der Waals surface area contributed by atoms with Gasteiger partial charge < -0.3 is 10.0 Å². The smallest absolute Gasteiger partial charge is 0.119 e. The quantitative estimate of drug-likeness (QED) is 0.735. The second-order valence-electron chi connectivity index (χ2n) is 4.14. The van der Waals surface area contributed by atoms with Gasteiger partial charge in [0.25, 0.3) is 0 Å². The van der Waals surface area contributed by atoms with E-state index in [-0.39, 0.29) is 0 Å². The molecule has 1 aliphatic heterocycles. The highest BCUT2D eigenvalue weighted by Gasteiger charge is 2.20. The van der Waals surface area contributed by atoms with Gasteiger partial charge >= 0.3 is 0 Å². The van der Waals surface area contributed by atoms with Crippen molar-refractivity contribution in [3.8, 4) is 5.75 Å². The monoisotopic (exact) mass is 191 g/mol. The van der Waals surface area contributed by atoms with Crippen LogP contribution in [0.5, 0.6) is 5.75 Å². The minimum atomic E-state index is 0.460. The van der Waals surface area contributed by atoms with Crippen LogP contribution in [-0.4, -0.2) is 30.1 Å². The van der Waals surface area contributed by atoms with Crippen molar-refractivity contribution in [3.05, 3.63) is 29.8 Å². The van der Waals surface area contributed by atoms with Crippen molar-refractivity contribution in [1.82, 2.24) is 4.90 Å². The molecule has 14 heavy (non-hydrogen) atoms. The van der Waals surface area contributed by atoms with Crippen LogP contribution in [0.15, 0.2) is 24.3 Å². The zero-order valence-electron chi connectivity index (χ0n) is 8.61. The molecule has 1 saturated heterocycles. The Balaban J connectivity index is 2.12. The summed E-state index contributed by atoms with van der Waals surface area (Å²) in [5, 5.41) is 9.72. The van der Waals surface area contributed by atoms with Crippen LogP contribution in [-0.2, 0) is 0 Å². The maximum atomic E-state index is 9.72. The zero-order valence-corrected chi connectivity index (χ0v) is 8.61. The predicted molar refractivity (Wildman–Crippen MR) is 57.6 cm³/mol. The maximum Gasteiger partial charge on any atom is 0.119 e. The molecule has 76 valence electrons. The number of benzene rings is 1. The van der Waals surface area contributed by atoms with Crippen LogP contribution in [0, 0.1) is 0 Å². The van der Waals surface area contributed by atoms with Crippen molar-refractivity contribution in [3.63, 3.8) is 0 Å². The van der Waals surface area contributed by atoms with E-state index in [0.29, 0.717) is 11.7 Å². The number of phenolic OH excluding ortho intramolecular Hbond substituents is 1. The molecule has 0 bridgehead atoms. The molecule has 0 unspecified atom stereocenters. The Morgan fingerprint density at radius 2 is 1.86 bits per heavy atom. The maximum absolute atomic E-state index is 9.72. The third-order valence-corrected chi connectivity index (χ3v) is 3.10. The lowest BCUT2D eigenvalue weighted by atomic mass is 9.89. The third kappa shape index (κ3) is 1.90. The van der Waals surface area contributed by atoms with Crippen molar-refractivity contribution in [1.29, 1.82) is 0 Å². The van der Waals surface area contributed by atoms with E-state index in [9.17, 15) is 5.11 Å². The highest BCUT2D eigenvalue weighted by Crippen LogP contribution is 2.32. The van der Waals surface area contributed by atoms with Crippen LogP contribution in [0.25, 0.3) is 0 Å². The second kappa shape index (κ2) is 4.01. The van der Waals surface area contributed by atoms with E-state index in [0.717, 1.165) is 31.5 Å². The van der Waals surface area contributed by atoms with Crippen LogP contribution in [0.3, 0.4) is 0 Å². The molecule has 0 aliphatic carbocycles. The fraction of sp³-hybridized carbons (Fsp3) is 0.500. The summed E-state index contributed by atoms with van der Waals surface area (Å²) in [6, 6.07) is 7.72. The highest BCUT2D eigenvalue weighted by atomic mass is 16.3. The molecule has 1 aromatic rings. The normalized spacial score (nSPS) is 19.8. The van der Waals surface area contributed by atoms with E-state index in [4.69, 9.17) is 0 Å². The van der Waals surface area contributed by atoms with Gasteiger partial charge in [-0.15, -0.1) is 0 Å².